The van der Waals surface area contributed by atoms with E-state index in [0.29, 0.717) is 119 Å². The van der Waals surface area contributed by atoms with Crippen molar-refractivity contribution in [3.8, 4) is 0 Å². The molecule has 1 rings (SSSR count). The van der Waals surface area contributed by atoms with Crippen molar-refractivity contribution >= 4 is 11.7 Å². The molecule has 0 spiro atoms. The number of likely N-dealkylation sites (tertiary alicyclic amines) is 1. The summed E-state index contributed by atoms with van der Waals surface area (Å²) in [5.41, 5.74) is 2.26. The Morgan fingerprint density at radius 3 is 1.46 bits per heavy atom. The predicted octanol–water partition coefficient (Wildman–Crippen LogP) is 0.684. The van der Waals surface area contributed by atoms with Crippen LogP contribution >= 0.6 is 0 Å². The fourth-order valence-electron chi connectivity index (χ4n) is 3.76. The van der Waals surface area contributed by atoms with Crippen molar-refractivity contribution in [2.24, 2.45) is 11.6 Å². The van der Waals surface area contributed by atoms with E-state index >= 15 is 0 Å². The zero-order valence-corrected chi connectivity index (χ0v) is 24.0. The van der Waals surface area contributed by atoms with E-state index in [-0.39, 0.29) is 30.1 Å². The van der Waals surface area contributed by atoms with Gasteiger partial charge in [0.1, 0.15) is 1.41 Å². The number of nitrogens with two attached hydrogens (primary N) is 1. The van der Waals surface area contributed by atoms with Gasteiger partial charge in [0.2, 0.25) is 5.91 Å². The molecular weight excluding hydrogens is 512 g/mol. The van der Waals surface area contributed by atoms with Gasteiger partial charge in [-0.05, 0) is 12.8 Å². The molecule has 0 saturated carbocycles. The van der Waals surface area contributed by atoms with Gasteiger partial charge in [0, 0.05) is 19.0 Å². The quantitative estimate of drug-likeness (QED) is 0.128. The van der Waals surface area contributed by atoms with Gasteiger partial charge in [-0.3, -0.25) is 9.59 Å². The first-order valence-electron chi connectivity index (χ1n) is 14.7. The third-order valence-corrected chi connectivity index (χ3v) is 5.78. The molecule has 0 unspecified atom stereocenters. The highest BCUT2D eigenvalue weighted by Gasteiger charge is 2.34. The Morgan fingerprint density at radius 1 is 0.692 bits per heavy atom. The van der Waals surface area contributed by atoms with Crippen LogP contribution in [-0.2, 0) is 47.5 Å². The first-order valence-corrected chi connectivity index (χ1v) is 14.2. The first kappa shape index (κ1) is 34.0. The summed E-state index contributed by atoms with van der Waals surface area (Å²) in [5, 5.41) is 0. The van der Waals surface area contributed by atoms with Gasteiger partial charge < -0.3 is 48.5 Å². The van der Waals surface area contributed by atoms with Gasteiger partial charge in [-0.2, -0.15) is 0 Å². The molecule has 230 valence electrons. The molecule has 1 heterocycles. The van der Waals surface area contributed by atoms with Crippen molar-refractivity contribution in [1.29, 1.82) is 0 Å². The highest BCUT2D eigenvalue weighted by atomic mass is 16.6. The smallest absolute Gasteiger partial charge is 0.225 e. The van der Waals surface area contributed by atoms with Gasteiger partial charge in [0.15, 0.2) is 5.78 Å². The maximum absolute atomic E-state index is 12.4. The van der Waals surface area contributed by atoms with E-state index in [9.17, 15) is 9.59 Å². The summed E-state index contributed by atoms with van der Waals surface area (Å²) in [5.74, 6) is 0.0747. The van der Waals surface area contributed by atoms with Crippen LogP contribution in [0.1, 0.15) is 33.1 Å². The van der Waals surface area contributed by atoms with Crippen LogP contribution in [0.5, 0.6) is 0 Å². The average molecular weight is 566 g/mol. The second kappa shape index (κ2) is 25.7. The lowest BCUT2D eigenvalue weighted by molar-refractivity contribution is -0.139. The summed E-state index contributed by atoms with van der Waals surface area (Å²) in [6.07, 6.45) is 1.93. The molecule has 39 heavy (non-hydrogen) atoms. The number of carbonyl (C=O) groups is 2. The third kappa shape index (κ3) is 19.5. The molecule has 0 aromatic heterocycles. The minimum Gasteiger partial charge on any atom is -0.379 e. The van der Waals surface area contributed by atoms with Crippen LogP contribution in [0.25, 0.3) is 0 Å². The number of nitrogens with zero attached hydrogens (tertiary/aromatic N) is 1. The van der Waals surface area contributed by atoms with Gasteiger partial charge in [-0.15, -0.1) is 0 Å². The van der Waals surface area contributed by atoms with Crippen LogP contribution in [0.4, 0.5) is 0 Å². The Hall–Kier alpha value is -1.22. The summed E-state index contributed by atoms with van der Waals surface area (Å²) in [4.78, 5) is 26.4. The highest BCUT2D eigenvalue weighted by Crippen LogP contribution is 2.21. The van der Waals surface area contributed by atoms with Crippen LogP contribution < -0.4 is 5.73 Å². The number of hydrogen-bond donors (Lipinski definition) is 1. The minimum absolute atomic E-state index is 0.0141. The molecule has 1 amide bonds. The first-order chi connectivity index (χ1) is 19.6. The summed E-state index contributed by atoms with van der Waals surface area (Å²) in [6.45, 7) is 12.5. The Labute approximate surface area is 235 Å². The number of ketones is 1. The van der Waals surface area contributed by atoms with Crippen molar-refractivity contribution in [2.45, 2.75) is 39.2 Å². The molecule has 0 aromatic carbocycles. The zero-order chi connectivity index (χ0) is 29.1. The maximum atomic E-state index is 12.4. The number of hydrogen-bond acceptors (Lipinski definition) is 11. The van der Waals surface area contributed by atoms with Gasteiger partial charge >= 0.3 is 0 Å². The molecule has 1 saturated heterocycles. The number of rotatable bonds is 29. The normalized spacial score (nSPS) is 15.8. The predicted molar refractivity (Wildman–Crippen MR) is 145 cm³/mol. The molecule has 12 nitrogen and oxygen atoms in total. The van der Waals surface area contributed by atoms with Crippen molar-refractivity contribution in [1.82, 2.24) is 4.90 Å². The lowest BCUT2D eigenvalue weighted by Crippen LogP contribution is -2.42. The Balaban J connectivity index is 1.75. The molecule has 2 N–H and O–H groups in total. The van der Waals surface area contributed by atoms with Crippen molar-refractivity contribution in [3.63, 3.8) is 0 Å². The molecule has 12 heteroatoms. The third-order valence-electron chi connectivity index (χ3n) is 5.78. The van der Waals surface area contributed by atoms with E-state index < -0.39 is 0 Å². The average Bonchev–Trinajstić information content (AvgIpc) is 3.44. The molecule has 0 radical (unpaired) electrons. The van der Waals surface area contributed by atoms with E-state index in [4.69, 9.17) is 39.3 Å². The largest absolute Gasteiger partial charge is 0.379 e. The SMILES string of the molecule is [2H]NCCOCCOCCOCCOCCOCCOCCOCCOCCC(=O)N1CCC[C@@H]1C(=O)C(C)C. The van der Waals surface area contributed by atoms with Crippen LogP contribution in [-0.4, -0.2) is 141 Å². The number of Topliss-reactive ketones (excluding diaryl/α,β-unsaturated/α-hetero) is 1. The molecule has 1 fully saturated rings. The monoisotopic (exact) mass is 565 g/mol. The zero-order valence-electron chi connectivity index (χ0n) is 25.0. The van der Waals surface area contributed by atoms with Gasteiger partial charge in [-0.1, -0.05) is 13.8 Å². The highest BCUT2D eigenvalue weighted by molar-refractivity contribution is 5.90. The van der Waals surface area contributed by atoms with E-state index in [2.05, 4.69) is 5.73 Å². The van der Waals surface area contributed by atoms with Crippen molar-refractivity contribution in [3.05, 3.63) is 0 Å². The molecular formula is C27H52N2O10. The Bertz CT molecular complexity index is 618. The molecule has 0 aromatic rings. The number of amides is 1. The lowest BCUT2D eigenvalue weighted by Gasteiger charge is -2.25. The van der Waals surface area contributed by atoms with Crippen molar-refractivity contribution < 1.29 is 48.9 Å². The standard InChI is InChI=1S/C27H52N2O10/c1-24(2)27(31)25-4-3-7-29(25)26(30)5-8-32-10-12-34-14-16-36-18-20-38-22-23-39-21-19-37-17-15-35-13-11-33-9-6-28/h24-25H,3-23,28H2,1-2H3/t25-/m1/s1/i/hD. The van der Waals surface area contributed by atoms with Crippen LogP contribution in [0.3, 0.4) is 0 Å². The molecule has 1 aliphatic rings. The maximum Gasteiger partial charge on any atom is 0.225 e. The van der Waals surface area contributed by atoms with Crippen LogP contribution in [0.2, 0.25) is 1.41 Å². The van der Waals surface area contributed by atoms with Gasteiger partial charge in [0.05, 0.1) is 118 Å². The molecule has 0 bridgehead atoms. The topological polar surface area (TPSA) is 137 Å². The Morgan fingerprint density at radius 2 is 1.08 bits per heavy atom. The van der Waals surface area contributed by atoms with E-state index in [0.717, 1.165) is 12.8 Å². The van der Waals surface area contributed by atoms with Gasteiger partial charge in [0.25, 0.3) is 0 Å². The second-order valence-electron chi connectivity index (χ2n) is 9.20. The Kier molecular flexibility index (Phi) is 22.4. The van der Waals surface area contributed by atoms with E-state index in [1.54, 1.807) is 4.90 Å². The second-order valence-corrected chi connectivity index (χ2v) is 9.20. The van der Waals surface area contributed by atoms with E-state index in [1.807, 2.05) is 13.8 Å². The number of ether oxygens (including phenoxy) is 8. The van der Waals surface area contributed by atoms with Gasteiger partial charge in [-0.25, -0.2) is 0 Å². The fourth-order valence-corrected chi connectivity index (χ4v) is 3.76. The van der Waals surface area contributed by atoms with Crippen molar-refractivity contribution in [2.75, 3.05) is 119 Å². The molecule has 1 aliphatic heterocycles. The summed E-state index contributed by atoms with van der Waals surface area (Å²) >= 11 is 0. The minimum atomic E-state index is -0.266. The number of carbonyl (C=O) groups excluding carboxylic acids is 2. The molecule has 1 atom stereocenters. The van der Waals surface area contributed by atoms with Crippen LogP contribution in [0.15, 0.2) is 0 Å². The van der Waals surface area contributed by atoms with E-state index in [1.165, 1.54) is 0 Å². The fraction of sp³-hybridized carbons (Fsp3) is 0.926. The summed E-state index contributed by atoms with van der Waals surface area (Å²) in [6, 6.07) is -0.266. The summed E-state index contributed by atoms with van der Waals surface area (Å²) < 4.78 is 50.1. The van der Waals surface area contributed by atoms with Crippen LogP contribution in [0, 0.1) is 5.92 Å². The molecule has 0 aliphatic carbocycles. The lowest BCUT2D eigenvalue weighted by atomic mass is 10.00. The summed E-state index contributed by atoms with van der Waals surface area (Å²) in [7, 11) is 0.